The van der Waals surface area contributed by atoms with Crippen LogP contribution in [0.3, 0.4) is 0 Å². The second-order valence-electron chi connectivity index (χ2n) is 38.0. The summed E-state index contributed by atoms with van der Waals surface area (Å²) in [6.45, 7) is 47.9. The summed E-state index contributed by atoms with van der Waals surface area (Å²) in [6, 6.07) is 41.7. The molecule has 0 saturated heterocycles. The number of ketones is 1. The summed E-state index contributed by atoms with van der Waals surface area (Å²) in [5, 5.41) is 26.6. The van der Waals surface area contributed by atoms with E-state index >= 15 is 0 Å². The summed E-state index contributed by atoms with van der Waals surface area (Å²) in [6.07, 6.45) is -4.08. The largest absolute Gasteiger partial charge is 0.479 e. The zero-order chi connectivity index (χ0) is 91.4. The number of carbonyl (C=O) groups excluding carboxylic acids is 2. The van der Waals surface area contributed by atoms with Gasteiger partial charge in [-0.05, 0) is 214 Å². The van der Waals surface area contributed by atoms with Gasteiger partial charge in [0, 0.05) is 147 Å². The maximum Gasteiger partial charge on any atom is 0.339 e. The van der Waals surface area contributed by atoms with E-state index in [0.717, 1.165) is 191 Å². The van der Waals surface area contributed by atoms with E-state index in [2.05, 4.69) is 159 Å². The number of rotatable bonds is 16. The SMILES string of the molecule is CC(=O)[C@H](OC(C)(C)C)c1c(Cl)c2c3c(cc(C)n3CCN2C)c1-c1ccc(C)cc1.COC(=O)C(OC(C)(C)C)c1c(Cl)c2c3c(cc(C)n3CCN2C)c1-c1ccc(C)cc1.Cc1ccc(-c2c(C(OC(C)(C)C)C(=O)O)c(Cl)c3c4c2cc(C)n4CCN3C)cc1.Cc1ccc(-c2c([C@H](OC(C)(C)C)C(=O)O)c(Cl)c3c4c2cc(C)n4CCN3C)cc1. The Bertz CT molecular complexity index is 5760. The fourth-order valence-corrected chi connectivity index (χ4v) is 19.8. The maximum atomic E-state index is 13.1. The highest BCUT2D eigenvalue weighted by Crippen LogP contribution is 2.56. The number of ether oxygens (including phenoxy) is 5. The van der Waals surface area contributed by atoms with Crippen molar-refractivity contribution in [1.82, 2.24) is 18.3 Å². The van der Waals surface area contributed by atoms with E-state index in [1.807, 2.05) is 167 Å². The van der Waals surface area contributed by atoms with E-state index in [1.165, 1.54) is 29.6 Å². The molecule has 12 aromatic rings. The van der Waals surface area contributed by atoms with Gasteiger partial charge in [0.05, 0.1) is 94.4 Å². The number of hydrogen-bond donors (Lipinski definition) is 2. The zero-order valence-electron chi connectivity index (χ0n) is 77.2. The molecule has 0 aliphatic carbocycles. The van der Waals surface area contributed by atoms with E-state index in [9.17, 15) is 29.4 Å². The molecule has 2 N–H and O–H groups in total. The fraction of sp³-hybridized carbons (Fsp3) is 0.412. The number of carbonyl (C=O) groups is 4. The smallest absolute Gasteiger partial charge is 0.339 e. The molecule has 4 aliphatic heterocycles. The molecule has 2 unspecified atom stereocenters. The maximum absolute atomic E-state index is 13.1. The van der Waals surface area contributed by atoms with Gasteiger partial charge in [-0.3, -0.25) is 4.79 Å². The summed E-state index contributed by atoms with van der Waals surface area (Å²) < 4.78 is 39.2. The summed E-state index contributed by atoms with van der Waals surface area (Å²) in [4.78, 5) is 59.5. The number of Topliss-reactive ketones (excluding diaryl/α,β-unsaturated/α-hetero) is 1. The van der Waals surface area contributed by atoms with Gasteiger partial charge in [-0.15, -0.1) is 0 Å². The predicted molar refractivity (Wildman–Crippen MR) is 513 cm³/mol. The van der Waals surface area contributed by atoms with E-state index in [1.54, 1.807) is 6.92 Å². The van der Waals surface area contributed by atoms with Gasteiger partial charge in [0.15, 0.2) is 24.1 Å². The van der Waals surface area contributed by atoms with Gasteiger partial charge < -0.3 is 71.8 Å². The lowest BCUT2D eigenvalue weighted by atomic mass is 9.89. The summed E-state index contributed by atoms with van der Waals surface area (Å²) in [5.74, 6) is -2.61. The molecule has 8 aromatic carbocycles. The van der Waals surface area contributed by atoms with Crippen molar-refractivity contribution < 1.29 is 53.1 Å². The second kappa shape index (κ2) is 35.4. The first kappa shape index (κ1) is 92.9. The van der Waals surface area contributed by atoms with Gasteiger partial charge in [0.2, 0.25) is 0 Å². The molecule has 4 atom stereocenters. The Balaban J connectivity index is 0.000000143. The van der Waals surface area contributed by atoms with Gasteiger partial charge in [-0.2, -0.15) is 0 Å². The van der Waals surface area contributed by atoms with E-state index in [4.69, 9.17) is 70.1 Å². The molecule has 4 aromatic heterocycles. The molecule has 0 amide bonds. The molecule has 125 heavy (non-hydrogen) atoms. The van der Waals surface area contributed by atoms with Crippen molar-refractivity contribution in [2.45, 2.75) is 218 Å². The van der Waals surface area contributed by atoms with Gasteiger partial charge in [-0.1, -0.05) is 166 Å². The van der Waals surface area contributed by atoms with Crippen LogP contribution in [0.2, 0.25) is 20.1 Å². The van der Waals surface area contributed by atoms with Gasteiger partial charge in [0.1, 0.15) is 6.10 Å². The van der Waals surface area contributed by atoms with Crippen LogP contribution in [0.1, 0.15) is 182 Å². The number of aliphatic carboxylic acids is 2. The monoisotopic (exact) mass is 1770 g/mol. The van der Waals surface area contributed by atoms with E-state index in [0.29, 0.717) is 36.8 Å². The Kier molecular flexibility index (Phi) is 26.3. The first-order valence-electron chi connectivity index (χ1n) is 42.8. The number of halogens is 4. The lowest BCUT2D eigenvalue weighted by molar-refractivity contribution is -0.164. The number of aromatic nitrogens is 4. The normalized spacial score (nSPS) is 14.8. The molecule has 0 fully saturated rings. The second-order valence-corrected chi connectivity index (χ2v) is 39.5. The number of benzene rings is 8. The Labute approximate surface area is 755 Å². The average Bonchev–Trinajstić information content (AvgIpc) is 1.64. The number of likely N-dealkylation sites (N-methyl/N-ethyl adjacent to an activating group) is 4. The Hall–Kier alpha value is -9.80. The van der Waals surface area contributed by atoms with Crippen LogP contribution in [-0.2, 0) is 69.0 Å². The van der Waals surface area contributed by atoms with Crippen LogP contribution in [0.15, 0.2) is 121 Å². The quantitative estimate of drug-likeness (QED) is 0.0869. The van der Waals surface area contributed by atoms with Crippen molar-refractivity contribution in [2.75, 3.05) is 81.1 Å². The van der Waals surface area contributed by atoms with E-state index in [-0.39, 0.29) is 5.78 Å². The number of aryl methyl sites for hydroxylation is 8. The number of nitrogens with zero attached hydrogens (tertiary/aromatic N) is 8. The van der Waals surface area contributed by atoms with Crippen LogP contribution < -0.4 is 19.6 Å². The predicted octanol–water partition coefficient (Wildman–Crippen LogP) is 24.5. The van der Waals surface area contributed by atoms with Crippen molar-refractivity contribution >= 4 is 136 Å². The topological polar surface area (TPSA) is 188 Å². The number of anilines is 4. The summed E-state index contributed by atoms with van der Waals surface area (Å²) in [5.41, 5.74) is 24.8. The van der Waals surface area contributed by atoms with Crippen LogP contribution in [0.5, 0.6) is 0 Å². The lowest BCUT2D eigenvalue weighted by Gasteiger charge is -2.33. The van der Waals surface area contributed by atoms with E-state index < -0.39 is 64.7 Å². The third-order valence-corrected chi connectivity index (χ3v) is 25.3. The third-order valence-electron chi connectivity index (χ3n) is 23.7. The number of carboxylic acids is 2. The third kappa shape index (κ3) is 18.3. The van der Waals surface area contributed by atoms with Crippen molar-refractivity contribution in [2.24, 2.45) is 0 Å². The molecule has 0 spiro atoms. The molecule has 0 radical (unpaired) electrons. The molecule has 662 valence electrons. The number of esters is 1. The Morgan fingerprint density at radius 3 is 0.728 bits per heavy atom. The van der Waals surface area contributed by atoms with Gasteiger partial charge >= 0.3 is 17.9 Å². The number of carboxylic acid groups (broad SMARTS) is 2. The van der Waals surface area contributed by atoms with Crippen LogP contribution in [0.4, 0.5) is 22.7 Å². The summed E-state index contributed by atoms with van der Waals surface area (Å²) >= 11 is 28.4. The first-order valence-corrected chi connectivity index (χ1v) is 44.3. The first-order chi connectivity index (χ1) is 58.5. The molecule has 23 heteroatoms. The highest BCUT2D eigenvalue weighted by atomic mass is 35.5. The zero-order valence-corrected chi connectivity index (χ0v) is 80.2. The van der Waals surface area contributed by atoms with Crippen molar-refractivity contribution in [1.29, 1.82) is 0 Å². The highest BCUT2D eigenvalue weighted by Gasteiger charge is 2.42. The fourth-order valence-electron chi connectivity index (χ4n) is 18.1. The molecule has 4 aliphatic rings. The van der Waals surface area contributed by atoms with Crippen LogP contribution >= 0.6 is 46.4 Å². The van der Waals surface area contributed by atoms with Crippen LogP contribution in [0.25, 0.3) is 88.1 Å². The minimum absolute atomic E-state index is 0.0497. The molecule has 19 nitrogen and oxygen atoms in total. The van der Waals surface area contributed by atoms with Crippen molar-refractivity contribution in [3.8, 4) is 44.5 Å². The molecule has 16 rings (SSSR count). The Morgan fingerprint density at radius 1 is 0.328 bits per heavy atom. The molecule has 0 bridgehead atoms. The number of hydrogen-bond acceptors (Lipinski definition) is 13. The highest BCUT2D eigenvalue weighted by molar-refractivity contribution is 6.39. The van der Waals surface area contributed by atoms with Crippen molar-refractivity contribution in [3.63, 3.8) is 0 Å². The molecule has 0 saturated carbocycles. The lowest BCUT2D eigenvalue weighted by Crippen LogP contribution is -2.31. The molecular formula is C102H120Cl4N8O11. The molecular weight excluding hydrogens is 1650 g/mol. The molecule has 8 heterocycles. The minimum Gasteiger partial charge on any atom is -0.479 e. The number of methoxy groups -OCH3 is 1. The van der Waals surface area contributed by atoms with Crippen LogP contribution in [-0.4, -0.2) is 136 Å². The standard InChI is InChI=1S/C26H31ClN2O3.C26H31ClN2O2.2C25H29ClN2O3/c1-15-8-10-17(11-9-15)19-18-14-16(2)29-13-12-28(6)23(22(18)29)21(27)20(19)24(25(30)31-7)32-26(3,4)5;1-15-8-10-18(11-9-15)20-19-14-16(2)29-13-12-28(7)24(23(19)29)22(27)21(20)25(17(3)30)31-26(4,5)6;2*1-14-7-9-16(10-8-14)18-17-13-15(2)28-12-11-27(6)22(21(17)28)20(26)19(18)23(24(29)30)31-25(3,4)5/h8-11,14,24H,12-13H2,1-7H3;8-11,14,25H,12-13H2,1-7H3;2*7-10,13,23H,11-12H2,1-6H3,(H,29,30)/t;25-;23-;/m.00./s1. The Morgan fingerprint density at radius 2 is 0.528 bits per heavy atom. The van der Waals surface area contributed by atoms with Gasteiger partial charge in [0.25, 0.3) is 0 Å². The van der Waals surface area contributed by atoms with Crippen LogP contribution in [0, 0.1) is 55.4 Å². The summed E-state index contributed by atoms with van der Waals surface area (Å²) in [7, 11) is 9.50. The average molecular weight is 1780 g/mol. The minimum atomic E-state index is -1.19. The van der Waals surface area contributed by atoms with Gasteiger partial charge in [-0.25, -0.2) is 14.4 Å². The van der Waals surface area contributed by atoms with Crippen molar-refractivity contribution in [3.05, 3.63) is 209 Å².